The molecule has 0 aliphatic heterocycles. The van der Waals surface area contributed by atoms with Crippen molar-refractivity contribution in [3.05, 3.63) is 11.9 Å². The molecule has 0 saturated carbocycles. The van der Waals surface area contributed by atoms with Gasteiger partial charge in [-0.1, -0.05) is 11.8 Å². The highest BCUT2D eigenvalue weighted by Crippen LogP contribution is 2.28. The van der Waals surface area contributed by atoms with E-state index < -0.39 is 18.0 Å². The molecule has 5 nitrogen and oxygen atoms in total. The molecular formula is C8H8F3N3O2S. The van der Waals surface area contributed by atoms with Crippen molar-refractivity contribution >= 4 is 23.5 Å². The standard InChI is InChI=1S/C8H8F3N3O2S/c1-16-6(15)3-17-5-2-4(12)13-7(14-5)8(9,10)11/h2H,3H2,1H3,(H2,12,13,14). The zero-order valence-electron chi connectivity index (χ0n) is 8.61. The van der Waals surface area contributed by atoms with Gasteiger partial charge >= 0.3 is 12.1 Å². The number of hydrogen-bond acceptors (Lipinski definition) is 6. The second-order valence-corrected chi connectivity index (χ2v) is 3.81. The van der Waals surface area contributed by atoms with Crippen LogP contribution in [-0.2, 0) is 15.7 Å². The van der Waals surface area contributed by atoms with Crippen LogP contribution in [-0.4, -0.2) is 28.8 Å². The zero-order chi connectivity index (χ0) is 13.1. The number of thioether (sulfide) groups is 1. The number of halogens is 3. The molecule has 94 valence electrons. The van der Waals surface area contributed by atoms with Gasteiger partial charge in [0.2, 0.25) is 5.82 Å². The SMILES string of the molecule is COC(=O)CSc1cc(N)nc(C(F)(F)F)n1. The average Bonchev–Trinajstić information content (AvgIpc) is 2.24. The Morgan fingerprint density at radius 1 is 1.53 bits per heavy atom. The maximum Gasteiger partial charge on any atom is 0.451 e. The van der Waals surface area contributed by atoms with Gasteiger partial charge < -0.3 is 10.5 Å². The Kier molecular flexibility index (Phi) is 4.16. The maximum absolute atomic E-state index is 12.3. The van der Waals surface area contributed by atoms with E-state index in [4.69, 9.17) is 5.73 Å². The molecule has 1 aromatic heterocycles. The summed E-state index contributed by atoms with van der Waals surface area (Å²) in [6, 6.07) is 1.16. The first-order valence-electron chi connectivity index (χ1n) is 4.24. The summed E-state index contributed by atoms with van der Waals surface area (Å²) in [4.78, 5) is 17.1. The molecule has 0 aromatic carbocycles. The van der Waals surface area contributed by atoms with Gasteiger partial charge in [0.15, 0.2) is 0 Å². The van der Waals surface area contributed by atoms with Gasteiger partial charge in [-0.2, -0.15) is 13.2 Å². The third-order valence-electron chi connectivity index (χ3n) is 1.54. The molecule has 1 heterocycles. The van der Waals surface area contributed by atoms with Crippen LogP contribution in [0.25, 0.3) is 0 Å². The summed E-state index contributed by atoms with van der Waals surface area (Å²) in [5, 5.41) is -0.0322. The van der Waals surface area contributed by atoms with E-state index in [0.29, 0.717) is 0 Å². The summed E-state index contributed by atoms with van der Waals surface area (Å²) in [5.74, 6) is -2.35. The second kappa shape index (κ2) is 5.21. The van der Waals surface area contributed by atoms with Crippen LogP contribution in [0.5, 0.6) is 0 Å². The number of methoxy groups -OCH3 is 1. The molecule has 0 bridgehead atoms. The quantitative estimate of drug-likeness (QED) is 0.506. The van der Waals surface area contributed by atoms with E-state index in [1.165, 1.54) is 7.11 Å². The molecule has 0 aliphatic carbocycles. The van der Waals surface area contributed by atoms with Gasteiger partial charge in [0.25, 0.3) is 0 Å². The molecule has 0 fully saturated rings. The first-order chi connectivity index (χ1) is 7.82. The molecule has 0 unspecified atom stereocenters. The van der Waals surface area contributed by atoms with Crippen molar-refractivity contribution < 1.29 is 22.7 Å². The predicted molar refractivity (Wildman–Crippen MR) is 54.2 cm³/mol. The summed E-state index contributed by atoms with van der Waals surface area (Å²) >= 11 is 0.792. The number of aromatic nitrogens is 2. The van der Waals surface area contributed by atoms with Crippen molar-refractivity contribution in [1.29, 1.82) is 0 Å². The molecule has 0 spiro atoms. The van der Waals surface area contributed by atoms with Crippen LogP contribution in [0, 0.1) is 0 Å². The molecule has 1 rings (SSSR count). The molecule has 1 aromatic rings. The van der Waals surface area contributed by atoms with E-state index in [0.717, 1.165) is 17.8 Å². The van der Waals surface area contributed by atoms with Gasteiger partial charge in [-0.3, -0.25) is 4.79 Å². The first-order valence-corrected chi connectivity index (χ1v) is 5.23. The Hall–Kier alpha value is -1.51. The van der Waals surface area contributed by atoms with E-state index in [1.54, 1.807) is 0 Å². The lowest BCUT2D eigenvalue weighted by atomic mass is 10.5. The lowest BCUT2D eigenvalue weighted by molar-refractivity contribution is -0.145. The summed E-state index contributed by atoms with van der Waals surface area (Å²) in [7, 11) is 1.18. The van der Waals surface area contributed by atoms with E-state index in [9.17, 15) is 18.0 Å². The van der Waals surface area contributed by atoms with Crippen LogP contribution in [0.1, 0.15) is 5.82 Å². The Bertz CT molecular complexity index is 425. The normalized spacial score (nSPS) is 11.3. The highest BCUT2D eigenvalue weighted by Gasteiger charge is 2.35. The number of esters is 1. The van der Waals surface area contributed by atoms with Gasteiger partial charge in [0.05, 0.1) is 12.9 Å². The lowest BCUT2D eigenvalue weighted by Gasteiger charge is -2.07. The zero-order valence-corrected chi connectivity index (χ0v) is 9.43. The molecule has 0 amide bonds. The Morgan fingerprint density at radius 2 is 2.18 bits per heavy atom. The molecule has 0 atom stereocenters. The smallest absolute Gasteiger partial charge is 0.451 e. The van der Waals surface area contributed by atoms with Crippen LogP contribution in [0.4, 0.5) is 19.0 Å². The van der Waals surface area contributed by atoms with Gasteiger partial charge in [-0.25, -0.2) is 9.97 Å². The van der Waals surface area contributed by atoms with Crippen LogP contribution in [0.2, 0.25) is 0 Å². The van der Waals surface area contributed by atoms with Crippen LogP contribution in [0.3, 0.4) is 0 Å². The number of hydrogen-bond donors (Lipinski definition) is 1. The van der Waals surface area contributed by atoms with E-state index >= 15 is 0 Å². The summed E-state index contributed by atoms with van der Waals surface area (Å²) in [6.07, 6.45) is -4.67. The molecule has 17 heavy (non-hydrogen) atoms. The average molecular weight is 267 g/mol. The Balaban J connectivity index is 2.87. The van der Waals surface area contributed by atoms with Crippen molar-refractivity contribution in [3.8, 4) is 0 Å². The molecule has 2 N–H and O–H groups in total. The van der Waals surface area contributed by atoms with E-state index in [2.05, 4.69) is 14.7 Å². The minimum Gasteiger partial charge on any atom is -0.468 e. The van der Waals surface area contributed by atoms with Gasteiger partial charge in [0, 0.05) is 6.07 Å². The summed E-state index contributed by atoms with van der Waals surface area (Å²) < 4.78 is 41.3. The number of ether oxygens (including phenoxy) is 1. The van der Waals surface area contributed by atoms with Crippen molar-refractivity contribution in [2.24, 2.45) is 0 Å². The van der Waals surface area contributed by atoms with E-state index in [-0.39, 0.29) is 16.6 Å². The third-order valence-corrected chi connectivity index (χ3v) is 2.43. The fraction of sp³-hybridized carbons (Fsp3) is 0.375. The summed E-state index contributed by atoms with van der Waals surface area (Å²) in [6.45, 7) is 0. The van der Waals surface area contributed by atoms with E-state index in [1.807, 2.05) is 0 Å². The summed E-state index contributed by atoms with van der Waals surface area (Å²) in [5.41, 5.74) is 5.21. The molecular weight excluding hydrogens is 259 g/mol. The fourth-order valence-corrected chi connectivity index (χ4v) is 1.57. The van der Waals surface area contributed by atoms with Crippen molar-refractivity contribution in [2.45, 2.75) is 11.2 Å². The van der Waals surface area contributed by atoms with Crippen LogP contribution >= 0.6 is 11.8 Å². The number of rotatable bonds is 3. The molecule has 0 radical (unpaired) electrons. The number of alkyl halides is 3. The Labute approximate surface area is 98.6 Å². The number of nitrogen functional groups attached to an aromatic ring is 1. The van der Waals surface area contributed by atoms with Gasteiger partial charge in [0.1, 0.15) is 10.8 Å². The number of carbonyl (C=O) groups excluding carboxylic acids is 1. The lowest BCUT2D eigenvalue weighted by Crippen LogP contribution is -2.13. The van der Waals surface area contributed by atoms with Gasteiger partial charge in [-0.05, 0) is 0 Å². The maximum atomic E-state index is 12.3. The van der Waals surface area contributed by atoms with Crippen LogP contribution < -0.4 is 5.73 Å². The van der Waals surface area contributed by atoms with Crippen molar-refractivity contribution in [1.82, 2.24) is 9.97 Å². The fourth-order valence-electron chi connectivity index (χ4n) is 0.835. The predicted octanol–water partition coefficient (Wildman–Crippen LogP) is 1.34. The number of anilines is 1. The van der Waals surface area contributed by atoms with Crippen molar-refractivity contribution in [3.63, 3.8) is 0 Å². The second-order valence-electron chi connectivity index (χ2n) is 2.82. The minimum absolute atomic E-state index is 0.0322. The van der Waals surface area contributed by atoms with Crippen LogP contribution in [0.15, 0.2) is 11.1 Å². The highest BCUT2D eigenvalue weighted by molar-refractivity contribution is 7.99. The number of nitrogens with two attached hydrogens (primary N) is 1. The highest BCUT2D eigenvalue weighted by atomic mass is 32.2. The minimum atomic E-state index is -4.67. The largest absolute Gasteiger partial charge is 0.468 e. The molecule has 0 saturated heterocycles. The first kappa shape index (κ1) is 13.6. The number of nitrogens with zero attached hydrogens (tertiary/aromatic N) is 2. The third kappa shape index (κ3) is 4.10. The molecule has 9 heteroatoms. The van der Waals surface area contributed by atoms with Gasteiger partial charge in [-0.15, -0.1) is 0 Å². The topological polar surface area (TPSA) is 78.1 Å². The van der Waals surface area contributed by atoms with Crippen molar-refractivity contribution in [2.75, 3.05) is 18.6 Å². The monoisotopic (exact) mass is 267 g/mol. The Morgan fingerprint density at radius 3 is 2.71 bits per heavy atom. The number of carbonyl (C=O) groups is 1. The molecule has 0 aliphatic rings.